The fourth-order valence-corrected chi connectivity index (χ4v) is 4.04. The maximum atomic E-state index is 12.8. The lowest BCUT2D eigenvalue weighted by Crippen LogP contribution is -2.19. The third kappa shape index (κ3) is 2.74. The SMILES string of the molecule is COC(=O)c1cc2sc3ccccc3c2n1C(=O)OCc1ccccc1. The predicted octanol–water partition coefficient (Wildman–Crippen LogP) is 4.83. The summed E-state index contributed by atoms with van der Waals surface area (Å²) in [5.41, 5.74) is 1.71. The largest absolute Gasteiger partial charge is 0.464 e. The van der Waals surface area contributed by atoms with Gasteiger partial charge < -0.3 is 9.47 Å². The number of hydrogen-bond acceptors (Lipinski definition) is 5. The van der Waals surface area contributed by atoms with Crippen LogP contribution in [0.4, 0.5) is 4.79 Å². The molecule has 0 aliphatic heterocycles. The summed E-state index contributed by atoms with van der Waals surface area (Å²) in [7, 11) is 1.29. The van der Waals surface area contributed by atoms with Gasteiger partial charge in [0.05, 0.1) is 17.3 Å². The molecule has 2 aromatic heterocycles. The quantitative estimate of drug-likeness (QED) is 0.488. The number of nitrogens with zero attached hydrogens (tertiary/aromatic N) is 1. The Kier molecular flexibility index (Phi) is 4.18. The number of hydrogen-bond donors (Lipinski definition) is 0. The molecule has 6 heteroatoms. The van der Waals surface area contributed by atoms with E-state index in [1.165, 1.54) is 23.0 Å². The maximum absolute atomic E-state index is 12.8. The zero-order valence-electron chi connectivity index (χ0n) is 14.0. The van der Waals surface area contributed by atoms with Crippen LogP contribution in [0.5, 0.6) is 0 Å². The van der Waals surface area contributed by atoms with E-state index in [0.717, 1.165) is 20.3 Å². The minimum Gasteiger partial charge on any atom is -0.464 e. The zero-order chi connectivity index (χ0) is 18.1. The number of aromatic nitrogens is 1. The highest BCUT2D eigenvalue weighted by molar-refractivity contribution is 7.25. The highest BCUT2D eigenvalue weighted by Crippen LogP contribution is 2.36. The Bertz CT molecular complexity index is 1110. The lowest BCUT2D eigenvalue weighted by atomic mass is 10.2. The normalized spacial score (nSPS) is 11.0. The van der Waals surface area contributed by atoms with Crippen molar-refractivity contribution in [3.05, 3.63) is 71.9 Å². The molecule has 0 unspecified atom stereocenters. The minimum atomic E-state index is -0.604. The third-order valence-electron chi connectivity index (χ3n) is 4.11. The molecule has 26 heavy (non-hydrogen) atoms. The highest BCUT2D eigenvalue weighted by Gasteiger charge is 2.24. The van der Waals surface area contributed by atoms with Gasteiger partial charge in [0.25, 0.3) is 0 Å². The molecule has 0 saturated carbocycles. The van der Waals surface area contributed by atoms with Crippen molar-refractivity contribution in [2.75, 3.05) is 7.11 Å². The van der Waals surface area contributed by atoms with Gasteiger partial charge in [-0.15, -0.1) is 11.3 Å². The van der Waals surface area contributed by atoms with Crippen molar-refractivity contribution in [1.29, 1.82) is 0 Å². The fourth-order valence-electron chi connectivity index (χ4n) is 2.92. The van der Waals surface area contributed by atoms with Crippen LogP contribution >= 0.6 is 11.3 Å². The molecule has 2 aromatic carbocycles. The van der Waals surface area contributed by atoms with E-state index < -0.39 is 12.1 Å². The van der Waals surface area contributed by atoms with Crippen LogP contribution in [0.15, 0.2) is 60.7 Å². The molecule has 0 N–H and O–H groups in total. The van der Waals surface area contributed by atoms with E-state index in [1.54, 1.807) is 6.07 Å². The summed E-state index contributed by atoms with van der Waals surface area (Å²) in [4.78, 5) is 25.0. The third-order valence-corrected chi connectivity index (χ3v) is 5.22. The van der Waals surface area contributed by atoms with Gasteiger partial charge in [-0.05, 0) is 17.7 Å². The van der Waals surface area contributed by atoms with Crippen LogP contribution in [0, 0.1) is 0 Å². The van der Waals surface area contributed by atoms with E-state index in [2.05, 4.69) is 0 Å². The van der Waals surface area contributed by atoms with Crippen molar-refractivity contribution in [1.82, 2.24) is 4.57 Å². The minimum absolute atomic E-state index is 0.127. The Hall–Kier alpha value is -3.12. The summed E-state index contributed by atoms with van der Waals surface area (Å²) < 4.78 is 13.5. The van der Waals surface area contributed by atoms with Gasteiger partial charge in [-0.1, -0.05) is 48.5 Å². The zero-order valence-corrected chi connectivity index (χ0v) is 14.8. The lowest BCUT2D eigenvalue weighted by molar-refractivity contribution is 0.0585. The second kappa shape index (κ2) is 6.65. The lowest BCUT2D eigenvalue weighted by Gasteiger charge is -2.09. The molecule has 0 fully saturated rings. The Balaban J connectivity index is 1.80. The monoisotopic (exact) mass is 365 g/mol. The van der Waals surface area contributed by atoms with E-state index >= 15 is 0 Å². The van der Waals surface area contributed by atoms with Crippen LogP contribution in [0.2, 0.25) is 0 Å². The molecule has 0 bridgehead atoms. The van der Waals surface area contributed by atoms with Crippen molar-refractivity contribution in [2.24, 2.45) is 0 Å². The Morgan fingerprint density at radius 1 is 1.00 bits per heavy atom. The van der Waals surface area contributed by atoms with Crippen molar-refractivity contribution >= 4 is 43.7 Å². The predicted molar refractivity (Wildman–Crippen MR) is 101 cm³/mol. The van der Waals surface area contributed by atoms with Gasteiger partial charge in [0.2, 0.25) is 0 Å². The van der Waals surface area contributed by atoms with Gasteiger partial charge >= 0.3 is 12.1 Å². The molecule has 0 atom stereocenters. The molecule has 0 radical (unpaired) electrons. The number of rotatable bonds is 3. The number of esters is 1. The molecular formula is C20H15NO4S. The number of benzene rings is 2. The summed E-state index contributed by atoms with van der Waals surface area (Å²) in [6.07, 6.45) is -0.604. The number of fused-ring (bicyclic) bond motifs is 3. The van der Waals surface area contributed by atoms with Crippen LogP contribution in [0.1, 0.15) is 16.1 Å². The Labute approximate surface area is 153 Å². The average Bonchev–Trinajstić information content (AvgIpc) is 3.22. The molecule has 4 aromatic rings. The summed E-state index contributed by atoms with van der Waals surface area (Å²) in [6, 6.07) is 18.8. The number of ether oxygens (including phenoxy) is 2. The highest BCUT2D eigenvalue weighted by atomic mass is 32.1. The molecule has 5 nitrogen and oxygen atoms in total. The van der Waals surface area contributed by atoms with Gasteiger partial charge in [0.15, 0.2) is 0 Å². The molecule has 0 spiro atoms. The number of carbonyl (C=O) groups excluding carboxylic acids is 2. The molecule has 0 aliphatic carbocycles. The number of methoxy groups -OCH3 is 1. The summed E-state index contributed by atoms with van der Waals surface area (Å²) >= 11 is 1.52. The molecule has 4 rings (SSSR count). The average molecular weight is 365 g/mol. The van der Waals surface area contributed by atoms with E-state index in [9.17, 15) is 9.59 Å². The van der Waals surface area contributed by atoms with E-state index in [-0.39, 0.29) is 12.3 Å². The van der Waals surface area contributed by atoms with Crippen LogP contribution < -0.4 is 0 Å². The topological polar surface area (TPSA) is 57.5 Å². The number of carbonyl (C=O) groups is 2. The molecule has 130 valence electrons. The standard InChI is InChI=1S/C20H15NO4S/c1-24-19(22)15-11-17-18(14-9-5-6-10-16(14)26-17)21(15)20(23)25-12-13-7-3-2-4-8-13/h2-11H,12H2,1H3. The summed E-state index contributed by atoms with van der Waals surface area (Å²) in [5.74, 6) is -0.575. The summed E-state index contributed by atoms with van der Waals surface area (Å²) in [6.45, 7) is 0.127. The maximum Gasteiger partial charge on any atom is 0.419 e. The smallest absolute Gasteiger partial charge is 0.419 e. The van der Waals surface area contributed by atoms with Crippen LogP contribution in [-0.2, 0) is 16.1 Å². The van der Waals surface area contributed by atoms with Crippen molar-refractivity contribution in [3.63, 3.8) is 0 Å². The van der Waals surface area contributed by atoms with Crippen molar-refractivity contribution < 1.29 is 19.1 Å². The first-order valence-electron chi connectivity index (χ1n) is 8.01. The van der Waals surface area contributed by atoms with Gasteiger partial charge in [-0.3, -0.25) is 0 Å². The second-order valence-corrected chi connectivity index (χ2v) is 6.79. The van der Waals surface area contributed by atoms with Crippen LogP contribution in [0.25, 0.3) is 20.3 Å². The van der Waals surface area contributed by atoms with Gasteiger partial charge in [-0.25, -0.2) is 14.2 Å². The Morgan fingerprint density at radius 3 is 2.50 bits per heavy atom. The second-order valence-electron chi connectivity index (χ2n) is 5.71. The first-order valence-corrected chi connectivity index (χ1v) is 8.83. The first kappa shape index (κ1) is 16.4. The molecular weight excluding hydrogens is 350 g/mol. The fraction of sp³-hybridized carbons (Fsp3) is 0.100. The van der Waals surface area contributed by atoms with Gasteiger partial charge in [-0.2, -0.15) is 0 Å². The van der Waals surface area contributed by atoms with E-state index in [1.807, 2.05) is 54.6 Å². The molecule has 2 heterocycles. The summed E-state index contributed by atoms with van der Waals surface area (Å²) in [5, 5.41) is 0.902. The van der Waals surface area contributed by atoms with Gasteiger partial charge in [0, 0.05) is 10.1 Å². The Morgan fingerprint density at radius 2 is 1.73 bits per heavy atom. The molecule has 0 amide bonds. The van der Waals surface area contributed by atoms with E-state index in [4.69, 9.17) is 9.47 Å². The molecule has 0 aliphatic rings. The first-order chi connectivity index (χ1) is 12.7. The number of thiophene rings is 1. The van der Waals surface area contributed by atoms with Crippen LogP contribution in [0.3, 0.4) is 0 Å². The molecule has 0 saturated heterocycles. The van der Waals surface area contributed by atoms with Gasteiger partial charge in [0.1, 0.15) is 12.3 Å². The van der Waals surface area contributed by atoms with Crippen LogP contribution in [-0.4, -0.2) is 23.7 Å². The van der Waals surface area contributed by atoms with Crippen molar-refractivity contribution in [3.8, 4) is 0 Å². The van der Waals surface area contributed by atoms with Crippen molar-refractivity contribution in [2.45, 2.75) is 6.61 Å². The van der Waals surface area contributed by atoms with E-state index in [0.29, 0.717) is 5.52 Å².